The number of rotatable bonds is 3. The van der Waals surface area contributed by atoms with Gasteiger partial charge in [-0.05, 0) is 24.3 Å². The normalized spacial score (nSPS) is 10.7. The molecule has 23 heavy (non-hydrogen) atoms. The van der Waals surface area contributed by atoms with Gasteiger partial charge >= 0.3 is 0 Å². The van der Waals surface area contributed by atoms with Gasteiger partial charge < -0.3 is 0 Å². The molecule has 1 N–H and O–H groups in total. The molecule has 0 amide bonds. The summed E-state index contributed by atoms with van der Waals surface area (Å²) in [6.07, 6.45) is 0. The maximum Gasteiger partial charge on any atom is 0.223 e. The van der Waals surface area contributed by atoms with Gasteiger partial charge in [0.2, 0.25) is 11.5 Å². The predicted molar refractivity (Wildman–Crippen MR) is 77.5 cm³/mol. The highest BCUT2D eigenvalue weighted by atomic mass is 19.1. The smallest absolute Gasteiger partial charge is 0.223 e. The number of nitrogens with zero attached hydrogens (tertiary/aromatic N) is 5. The Balaban J connectivity index is 2.18. The minimum atomic E-state index is -2.14. The van der Waals surface area contributed by atoms with Gasteiger partial charge in [-0.1, -0.05) is 29.5 Å². The van der Waals surface area contributed by atoms with Crippen LogP contribution in [0.25, 0.3) is 0 Å². The number of aromatic amines is 1. The van der Waals surface area contributed by atoms with Crippen LogP contribution in [0, 0.1) is 22.7 Å². The van der Waals surface area contributed by atoms with Crippen LogP contribution in [0.1, 0.15) is 28.1 Å². The van der Waals surface area contributed by atoms with E-state index in [2.05, 4.69) is 20.6 Å². The second kappa shape index (κ2) is 5.66. The van der Waals surface area contributed by atoms with Gasteiger partial charge in [0.05, 0.1) is 23.3 Å². The average molecular weight is 304 g/mol. The average Bonchev–Trinajstić information content (AvgIpc) is 3.16. The molecule has 0 aliphatic rings. The minimum absolute atomic E-state index is 0.146. The lowest BCUT2D eigenvalue weighted by Crippen LogP contribution is -2.25. The van der Waals surface area contributed by atoms with Crippen LogP contribution in [0.3, 0.4) is 0 Å². The Bertz CT molecular complexity index is 828. The third kappa shape index (κ3) is 2.41. The first kappa shape index (κ1) is 14.4. The summed E-state index contributed by atoms with van der Waals surface area (Å²) in [5.41, 5.74) is -0.770. The first-order chi connectivity index (χ1) is 11.2. The van der Waals surface area contributed by atoms with E-state index in [9.17, 15) is 0 Å². The third-order valence-electron chi connectivity index (χ3n) is 3.48. The van der Waals surface area contributed by atoms with Crippen molar-refractivity contribution in [1.82, 2.24) is 20.6 Å². The fourth-order valence-electron chi connectivity index (χ4n) is 2.28. The summed E-state index contributed by atoms with van der Waals surface area (Å²) in [5.74, 6) is -0.146. The van der Waals surface area contributed by atoms with Gasteiger partial charge in [0, 0.05) is 11.1 Å². The second-order valence-corrected chi connectivity index (χ2v) is 4.77. The topological polar surface area (TPSA) is 102 Å². The number of alkyl halides is 1. The Hall–Kier alpha value is -3.58. The largest absolute Gasteiger partial charge is 0.224 e. The lowest BCUT2D eigenvalue weighted by Gasteiger charge is -2.23. The molecular weight excluding hydrogens is 295 g/mol. The van der Waals surface area contributed by atoms with Crippen molar-refractivity contribution in [3.05, 3.63) is 76.6 Å². The van der Waals surface area contributed by atoms with Crippen LogP contribution < -0.4 is 0 Å². The van der Waals surface area contributed by atoms with E-state index in [-0.39, 0.29) is 17.0 Å². The summed E-state index contributed by atoms with van der Waals surface area (Å²) in [6.45, 7) is 0. The molecule has 0 aliphatic carbocycles. The Morgan fingerprint density at radius 3 is 1.70 bits per heavy atom. The van der Waals surface area contributed by atoms with Crippen LogP contribution in [0.15, 0.2) is 48.5 Å². The van der Waals surface area contributed by atoms with Crippen LogP contribution >= 0.6 is 0 Å². The van der Waals surface area contributed by atoms with Gasteiger partial charge in [-0.3, -0.25) is 0 Å². The van der Waals surface area contributed by atoms with Crippen LogP contribution in [0.4, 0.5) is 4.39 Å². The number of hydrogen-bond acceptors (Lipinski definition) is 5. The van der Waals surface area contributed by atoms with Gasteiger partial charge in [-0.2, -0.15) is 15.7 Å². The first-order valence-electron chi connectivity index (χ1n) is 6.62. The maximum absolute atomic E-state index is 15.9. The van der Waals surface area contributed by atoms with E-state index in [0.29, 0.717) is 11.1 Å². The van der Waals surface area contributed by atoms with Gasteiger partial charge in [0.15, 0.2) is 0 Å². The molecule has 3 rings (SSSR count). The highest BCUT2D eigenvalue weighted by Crippen LogP contribution is 2.38. The molecule has 0 bridgehead atoms. The second-order valence-electron chi connectivity index (χ2n) is 4.77. The summed E-state index contributed by atoms with van der Waals surface area (Å²) in [6, 6.07) is 16.1. The molecule has 7 heteroatoms. The number of H-pyrrole nitrogens is 1. The predicted octanol–water partition coefficient (Wildman–Crippen LogP) is 2.20. The number of tetrazole rings is 1. The highest BCUT2D eigenvalue weighted by Gasteiger charge is 2.40. The molecule has 6 nitrogen and oxygen atoms in total. The molecular formula is C16H9FN6. The minimum Gasteiger partial charge on any atom is -0.224 e. The molecule has 0 radical (unpaired) electrons. The Morgan fingerprint density at radius 2 is 1.35 bits per heavy atom. The van der Waals surface area contributed by atoms with Crippen LogP contribution in [-0.2, 0) is 5.67 Å². The zero-order valence-corrected chi connectivity index (χ0v) is 11.7. The molecule has 0 saturated carbocycles. The zero-order valence-electron chi connectivity index (χ0n) is 11.7. The Labute approximate surface area is 130 Å². The van der Waals surface area contributed by atoms with E-state index >= 15 is 4.39 Å². The van der Waals surface area contributed by atoms with E-state index in [1.165, 1.54) is 48.5 Å². The first-order valence-corrected chi connectivity index (χ1v) is 6.62. The summed E-state index contributed by atoms with van der Waals surface area (Å²) in [4.78, 5) is 0. The molecule has 2 aromatic carbocycles. The van der Waals surface area contributed by atoms with Crippen molar-refractivity contribution in [1.29, 1.82) is 10.5 Å². The Kier molecular flexibility index (Phi) is 3.54. The van der Waals surface area contributed by atoms with Crippen molar-refractivity contribution in [2.45, 2.75) is 5.67 Å². The maximum atomic E-state index is 15.9. The Morgan fingerprint density at radius 1 is 0.870 bits per heavy atom. The molecule has 0 saturated heterocycles. The molecule has 1 heterocycles. The number of hydrogen-bond donors (Lipinski definition) is 1. The lowest BCUT2D eigenvalue weighted by atomic mass is 9.86. The van der Waals surface area contributed by atoms with Crippen molar-refractivity contribution < 1.29 is 4.39 Å². The quantitative estimate of drug-likeness (QED) is 0.799. The molecule has 110 valence electrons. The summed E-state index contributed by atoms with van der Waals surface area (Å²) in [5, 5.41) is 31.0. The van der Waals surface area contributed by atoms with Crippen molar-refractivity contribution in [3.8, 4) is 12.1 Å². The van der Waals surface area contributed by atoms with E-state index in [1.807, 2.05) is 12.1 Å². The summed E-state index contributed by atoms with van der Waals surface area (Å²) in [7, 11) is 0. The van der Waals surface area contributed by atoms with Gasteiger partial charge in [-0.25, -0.2) is 4.39 Å². The number of halogens is 1. The highest BCUT2D eigenvalue weighted by molar-refractivity contribution is 5.46. The number of aromatic nitrogens is 4. The van der Waals surface area contributed by atoms with Crippen LogP contribution in [0.5, 0.6) is 0 Å². The molecule has 0 aliphatic heterocycles. The number of nitriles is 2. The summed E-state index contributed by atoms with van der Waals surface area (Å²) < 4.78 is 15.9. The van der Waals surface area contributed by atoms with Crippen LogP contribution in [0.2, 0.25) is 0 Å². The molecule has 1 aromatic heterocycles. The number of benzene rings is 2. The van der Waals surface area contributed by atoms with Gasteiger partial charge in [0.1, 0.15) is 0 Å². The van der Waals surface area contributed by atoms with Crippen molar-refractivity contribution in [2.75, 3.05) is 0 Å². The van der Waals surface area contributed by atoms with Gasteiger partial charge in [-0.15, -0.1) is 10.2 Å². The standard InChI is InChI=1S/C16H9FN6/c17-16(15-20-22-23-21-15,13-5-1-11(9-18)2-6-13)14-7-3-12(10-19)4-8-14/h1-8H,(H,20,21,22,23). The molecule has 0 atom stereocenters. The summed E-state index contributed by atoms with van der Waals surface area (Å²) >= 11 is 0. The van der Waals surface area contributed by atoms with Crippen molar-refractivity contribution >= 4 is 0 Å². The monoisotopic (exact) mass is 304 g/mol. The SMILES string of the molecule is N#Cc1ccc(C(F)(c2ccc(C#N)cc2)c2nn[nH]n2)cc1. The molecule has 0 fully saturated rings. The van der Waals surface area contributed by atoms with E-state index in [1.54, 1.807) is 0 Å². The zero-order chi connectivity index (χ0) is 16.3. The fourth-order valence-corrected chi connectivity index (χ4v) is 2.28. The fraction of sp³-hybridized carbons (Fsp3) is 0.0625. The number of nitrogens with one attached hydrogen (secondary N) is 1. The van der Waals surface area contributed by atoms with Crippen molar-refractivity contribution in [2.24, 2.45) is 0 Å². The lowest BCUT2D eigenvalue weighted by molar-refractivity contribution is 0.265. The van der Waals surface area contributed by atoms with Crippen LogP contribution in [-0.4, -0.2) is 20.6 Å². The molecule has 3 aromatic rings. The molecule has 0 unspecified atom stereocenters. The van der Waals surface area contributed by atoms with E-state index < -0.39 is 5.67 Å². The third-order valence-corrected chi connectivity index (χ3v) is 3.48. The molecule has 0 spiro atoms. The van der Waals surface area contributed by atoms with E-state index in [4.69, 9.17) is 10.5 Å². The van der Waals surface area contributed by atoms with Crippen molar-refractivity contribution in [3.63, 3.8) is 0 Å². The van der Waals surface area contributed by atoms with E-state index in [0.717, 1.165) is 0 Å². The van der Waals surface area contributed by atoms with Gasteiger partial charge in [0.25, 0.3) is 0 Å².